The lowest BCUT2D eigenvalue weighted by molar-refractivity contribution is 0.104. The van der Waals surface area contributed by atoms with Crippen LogP contribution in [0, 0.1) is 0 Å². The molecule has 5 heteroatoms. The summed E-state index contributed by atoms with van der Waals surface area (Å²) in [6.07, 6.45) is 3.85. The lowest BCUT2D eigenvalue weighted by Crippen LogP contribution is -2.00. The van der Waals surface area contributed by atoms with Gasteiger partial charge < -0.3 is 14.2 Å². The van der Waals surface area contributed by atoms with E-state index in [-0.39, 0.29) is 5.78 Å². The fraction of sp³-hybridized carbons (Fsp3) is 0.158. The second-order valence-corrected chi connectivity index (χ2v) is 4.90. The molecule has 2 rings (SSSR count). The first-order valence-corrected chi connectivity index (χ1v) is 7.20. The van der Waals surface area contributed by atoms with E-state index in [0.29, 0.717) is 28.4 Å². The highest BCUT2D eigenvalue weighted by molar-refractivity contribution is 6.07. The molecule has 0 N–H and O–H groups in total. The molecule has 0 radical (unpaired) electrons. The third-order valence-electron chi connectivity index (χ3n) is 3.42. The van der Waals surface area contributed by atoms with Crippen molar-refractivity contribution in [3.8, 4) is 17.2 Å². The van der Waals surface area contributed by atoms with E-state index >= 15 is 0 Å². The van der Waals surface area contributed by atoms with Crippen molar-refractivity contribution in [1.82, 2.24) is 0 Å². The summed E-state index contributed by atoms with van der Waals surface area (Å²) < 4.78 is 15.7. The molecule has 0 atom stereocenters. The third-order valence-corrected chi connectivity index (χ3v) is 3.42. The molecule has 24 heavy (non-hydrogen) atoms. The maximum absolute atomic E-state index is 12.4. The topological polar surface area (TPSA) is 61.8 Å². The number of ketones is 1. The van der Waals surface area contributed by atoms with Gasteiger partial charge in [-0.1, -0.05) is 24.3 Å². The molecule has 5 nitrogen and oxygen atoms in total. The number of benzene rings is 2. The van der Waals surface area contributed by atoms with Gasteiger partial charge in [-0.25, -0.2) is 0 Å². The maximum atomic E-state index is 12.4. The van der Waals surface area contributed by atoms with Gasteiger partial charge in [-0.15, -0.1) is 0 Å². The van der Waals surface area contributed by atoms with Crippen LogP contribution < -0.4 is 14.2 Å². The van der Waals surface area contributed by atoms with E-state index in [0.717, 1.165) is 11.8 Å². The zero-order valence-corrected chi connectivity index (χ0v) is 13.7. The monoisotopic (exact) mass is 326 g/mol. The minimum atomic E-state index is -0.217. The first-order chi connectivity index (χ1) is 11.6. The highest BCUT2D eigenvalue weighted by Gasteiger charge is 2.15. The smallest absolute Gasteiger partial charge is 0.203 e. The molecule has 0 aliphatic heterocycles. The Morgan fingerprint density at radius 3 is 2.08 bits per heavy atom. The predicted molar refractivity (Wildman–Crippen MR) is 91.3 cm³/mol. The minimum Gasteiger partial charge on any atom is -0.493 e. The molecular weight excluding hydrogens is 308 g/mol. The van der Waals surface area contributed by atoms with Gasteiger partial charge in [-0.05, 0) is 29.8 Å². The van der Waals surface area contributed by atoms with Crippen molar-refractivity contribution in [2.45, 2.75) is 0 Å². The summed E-state index contributed by atoms with van der Waals surface area (Å²) in [5.74, 6) is 1.04. The summed E-state index contributed by atoms with van der Waals surface area (Å²) >= 11 is 0. The molecular formula is C19H18O5. The average Bonchev–Trinajstić information content (AvgIpc) is 2.64. The Bertz CT molecular complexity index is 752. The van der Waals surface area contributed by atoms with Crippen molar-refractivity contribution in [3.05, 3.63) is 59.2 Å². The highest BCUT2D eigenvalue weighted by Crippen LogP contribution is 2.38. The Kier molecular flexibility index (Phi) is 5.73. The van der Waals surface area contributed by atoms with Crippen molar-refractivity contribution in [2.24, 2.45) is 0 Å². The first-order valence-electron chi connectivity index (χ1n) is 7.20. The molecule has 0 saturated carbocycles. The Hall–Kier alpha value is -3.08. The van der Waals surface area contributed by atoms with Crippen LogP contribution in [0.25, 0.3) is 6.08 Å². The van der Waals surface area contributed by atoms with Gasteiger partial charge in [0.2, 0.25) is 5.75 Å². The molecule has 124 valence electrons. The van der Waals surface area contributed by atoms with Crippen LogP contribution in [0.15, 0.2) is 42.5 Å². The summed E-state index contributed by atoms with van der Waals surface area (Å²) in [5, 5.41) is 0. The number of rotatable bonds is 7. The third kappa shape index (κ3) is 3.81. The van der Waals surface area contributed by atoms with E-state index < -0.39 is 0 Å². The van der Waals surface area contributed by atoms with Crippen LogP contribution in [0.3, 0.4) is 0 Å². The van der Waals surface area contributed by atoms with Crippen LogP contribution in [0.1, 0.15) is 26.3 Å². The second kappa shape index (κ2) is 7.97. The van der Waals surface area contributed by atoms with Gasteiger partial charge >= 0.3 is 0 Å². The molecule has 0 aromatic heterocycles. The number of ether oxygens (including phenoxy) is 3. The number of hydrogen-bond acceptors (Lipinski definition) is 5. The summed E-state index contributed by atoms with van der Waals surface area (Å²) in [5.41, 5.74) is 1.73. The van der Waals surface area contributed by atoms with Crippen LogP contribution in [0.2, 0.25) is 0 Å². The SMILES string of the molecule is COc1cc(C(=O)/C=C/c2cccc(C=O)c2)cc(OC)c1OC. The molecule has 2 aromatic carbocycles. The van der Waals surface area contributed by atoms with Gasteiger partial charge in [0.1, 0.15) is 6.29 Å². The van der Waals surface area contributed by atoms with E-state index in [9.17, 15) is 9.59 Å². The van der Waals surface area contributed by atoms with Crippen LogP contribution in [0.5, 0.6) is 17.2 Å². The highest BCUT2D eigenvalue weighted by atomic mass is 16.5. The van der Waals surface area contributed by atoms with Gasteiger partial charge in [0.15, 0.2) is 17.3 Å². The summed E-state index contributed by atoms with van der Waals surface area (Å²) in [6.45, 7) is 0. The number of carbonyl (C=O) groups excluding carboxylic acids is 2. The van der Waals surface area contributed by atoms with E-state index in [1.165, 1.54) is 27.4 Å². The van der Waals surface area contributed by atoms with Crippen molar-refractivity contribution in [3.63, 3.8) is 0 Å². The minimum absolute atomic E-state index is 0.217. The quantitative estimate of drug-likeness (QED) is 0.443. The van der Waals surface area contributed by atoms with E-state index in [1.807, 2.05) is 6.07 Å². The van der Waals surface area contributed by atoms with Gasteiger partial charge in [0, 0.05) is 11.1 Å². The Labute approximate surface area is 140 Å². The Morgan fingerprint density at radius 2 is 1.54 bits per heavy atom. The fourth-order valence-corrected chi connectivity index (χ4v) is 2.23. The van der Waals surface area contributed by atoms with Crippen molar-refractivity contribution >= 4 is 18.1 Å². The summed E-state index contributed by atoms with van der Waals surface area (Å²) in [7, 11) is 4.49. The maximum Gasteiger partial charge on any atom is 0.203 e. The van der Waals surface area contributed by atoms with Crippen molar-refractivity contribution in [2.75, 3.05) is 21.3 Å². The first kappa shape index (κ1) is 17.3. The van der Waals surface area contributed by atoms with E-state index in [4.69, 9.17) is 14.2 Å². The largest absolute Gasteiger partial charge is 0.493 e. The molecule has 0 unspecified atom stereocenters. The number of aldehydes is 1. The molecule has 0 saturated heterocycles. The van der Waals surface area contributed by atoms with Gasteiger partial charge in [0.25, 0.3) is 0 Å². The number of methoxy groups -OCH3 is 3. The van der Waals surface area contributed by atoms with Crippen LogP contribution in [-0.4, -0.2) is 33.4 Å². The molecule has 0 fully saturated rings. The Balaban J connectivity index is 2.32. The molecule has 2 aromatic rings. The van der Waals surface area contributed by atoms with Gasteiger partial charge in [-0.2, -0.15) is 0 Å². The standard InChI is InChI=1S/C19H18O5/c1-22-17-10-15(11-18(23-2)19(17)24-3)16(21)8-7-13-5-4-6-14(9-13)12-20/h4-12H,1-3H3/b8-7+. The lowest BCUT2D eigenvalue weighted by Gasteiger charge is -2.13. The lowest BCUT2D eigenvalue weighted by atomic mass is 10.1. The number of hydrogen-bond donors (Lipinski definition) is 0. The summed E-state index contributed by atoms with van der Waals surface area (Å²) in [4.78, 5) is 23.2. The van der Waals surface area contributed by atoms with E-state index in [2.05, 4.69) is 0 Å². The zero-order chi connectivity index (χ0) is 17.5. The zero-order valence-electron chi connectivity index (χ0n) is 13.7. The normalized spacial score (nSPS) is 10.5. The Morgan fingerprint density at radius 1 is 0.917 bits per heavy atom. The van der Waals surface area contributed by atoms with Crippen LogP contribution in [0.4, 0.5) is 0 Å². The molecule has 0 aliphatic rings. The predicted octanol–water partition coefficient (Wildman–Crippen LogP) is 3.42. The van der Waals surface area contributed by atoms with Gasteiger partial charge in [-0.3, -0.25) is 9.59 Å². The van der Waals surface area contributed by atoms with Gasteiger partial charge in [0.05, 0.1) is 21.3 Å². The number of carbonyl (C=O) groups is 2. The molecule has 0 aliphatic carbocycles. The van der Waals surface area contributed by atoms with Crippen LogP contribution >= 0.6 is 0 Å². The molecule has 0 amide bonds. The molecule has 0 heterocycles. The molecule has 0 spiro atoms. The van der Waals surface area contributed by atoms with E-state index in [1.54, 1.807) is 36.4 Å². The second-order valence-electron chi connectivity index (χ2n) is 4.90. The molecule has 0 bridgehead atoms. The van der Waals surface area contributed by atoms with Crippen molar-refractivity contribution < 1.29 is 23.8 Å². The number of allylic oxidation sites excluding steroid dienone is 1. The summed E-state index contributed by atoms with van der Waals surface area (Å²) in [6, 6.07) is 10.2. The van der Waals surface area contributed by atoms with Crippen LogP contribution in [-0.2, 0) is 0 Å². The fourth-order valence-electron chi connectivity index (χ4n) is 2.23. The van der Waals surface area contributed by atoms with Crippen molar-refractivity contribution in [1.29, 1.82) is 0 Å². The average molecular weight is 326 g/mol.